The lowest BCUT2D eigenvalue weighted by Gasteiger charge is -2.26. The molecule has 0 saturated carbocycles. The number of benzene rings is 2. The average molecular weight is 387 g/mol. The van der Waals surface area contributed by atoms with Gasteiger partial charge in [-0.05, 0) is 80.7 Å². The lowest BCUT2D eigenvalue weighted by atomic mass is 10.00. The van der Waals surface area contributed by atoms with Crippen LogP contribution in [0, 0.1) is 13.8 Å². The van der Waals surface area contributed by atoms with E-state index in [0.29, 0.717) is 5.39 Å². The molecule has 1 saturated heterocycles. The maximum absolute atomic E-state index is 13.2. The molecular formula is C23H25N5O. The van der Waals surface area contributed by atoms with Gasteiger partial charge in [0.05, 0.1) is 16.4 Å². The molecule has 2 aromatic carbocycles. The van der Waals surface area contributed by atoms with Crippen molar-refractivity contribution in [2.24, 2.45) is 7.05 Å². The summed E-state index contributed by atoms with van der Waals surface area (Å²) in [5.41, 5.74) is 5.19. The normalized spacial score (nSPS) is 15.4. The Kier molecular flexibility index (Phi) is 4.24. The van der Waals surface area contributed by atoms with Crippen molar-refractivity contribution in [2.75, 3.05) is 13.1 Å². The van der Waals surface area contributed by atoms with Gasteiger partial charge in [0.1, 0.15) is 5.82 Å². The molecule has 1 aliphatic rings. The lowest BCUT2D eigenvalue weighted by molar-refractivity contribution is 0.354. The molecule has 0 unspecified atom stereocenters. The van der Waals surface area contributed by atoms with E-state index < -0.39 is 0 Å². The Morgan fingerprint density at radius 1 is 1.07 bits per heavy atom. The van der Waals surface area contributed by atoms with Gasteiger partial charge in [-0.1, -0.05) is 6.07 Å². The fraction of sp³-hybridized carbons (Fsp3) is 0.348. The van der Waals surface area contributed by atoms with Crippen molar-refractivity contribution in [1.29, 1.82) is 0 Å². The summed E-state index contributed by atoms with van der Waals surface area (Å²) < 4.78 is 3.74. The molecule has 0 radical (unpaired) electrons. The van der Waals surface area contributed by atoms with Gasteiger partial charge in [0.25, 0.3) is 5.56 Å². The number of rotatable bonds is 2. The van der Waals surface area contributed by atoms with Crippen LogP contribution in [0.3, 0.4) is 0 Å². The first kappa shape index (κ1) is 18.1. The van der Waals surface area contributed by atoms with Gasteiger partial charge in [0, 0.05) is 24.7 Å². The van der Waals surface area contributed by atoms with Crippen molar-refractivity contribution in [2.45, 2.75) is 32.7 Å². The van der Waals surface area contributed by atoms with Crippen molar-refractivity contribution in [3.8, 4) is 11.1 Å². The Morgan fingerprint density at radius 2 is 1.86 bits per heavy atom. The summed E-state index contributed by atoms with van der Waals surface area (Å²) in [6.45, 7) is 5.93. The number of hydrogen-bond donors (Lipinski definition) is 1. The molecule has 2 aromatic heterocycles. The van der Waals surface area contributed by atoms with E-state index in [1.807, 2.05) is 47.6 Å². The van der Waals surface area contributed by atoms with Gasteiger partial charge in [-0.3, -0.25) is 14.0 Å². The smallest absolute Gasteiger partial charge is 0.261 e. The minimum atomic E-state index is 0.0739. The molecule has 29 heavy (non-hydrogen) atoms. The highest BCUT2D eigenvalue weighted by atomic mass is 16.1. The van der Waals surface area contributed by atoms with Crippen LogP contribution in [0.25, 0.3) is 32.9 Å². The Labute approximate surface area is 169 Å². The summed E-state index contributed by atoms with van der Waals surface area (Å²) in [5.74, 6) is 0.797. The third-order valence-corrected chi connectivity index (χ3v) is 6.00. The number of hydrogen-bond acceptors (Lipinski definition) is 4. The van der Waals surface area contributed by atoms with Crippen LogP contribution in [0.4, 0.5) is 0 Å². The second-order valence-electron chi connectivity index (χ2n) is 8.08. The summed E-state index contributed by atoms with van der Waals surface area (Å²) in [6.07, 6.45) is 3.97. The van der Waals surface area contributed by atoms with Crippen molar-refractivity contribution in [3.63, 3.8) is 0 Å². The van der Waals surface area contributed by atoms with Crippen LogP contribution in [-0.2, 0) is 7.05 Å². The first-order valence-electron chi connectivity index (χ1n) is 10.2. The predicted octanol–water partition coefficient (Wildman–Crippen LogP) is 3.49. The highest BCUT2D eigenvalue weighted by molar-refractivity contribution is 5.89. The fourth-order valence-electron chi connectivity index (χ4n) is 4.58. The summed E-state index contributed by atoms with van der Waals surface area (Å²) in [4.78, 5) is 18.0. The molecule has 4 aromatic rings. The van der Waals surface area contributed by atoms with Gasteiger partial charge in [-0.2, -0.15) is 5.10 Å². The SMILES string of the molecule is Cc1cc(-c2ccc3c(=O)n(C4CCNCC4)c(C)nc3c2)cc2cn(C)nc12. The van der Waals surface area contributed by atoms with Crippen LogP contribution in [-0.4, -0.2) is 32.4 Å². The highest BCUT2D eigenvalue weighted by Gasteiger charge is 2.20. The molecule has 1 fully saturated rings. The summed E-state index contributed by atoms with van der Waals surface area (Å²) in [5, 5.41) is 9.70. The predicted molar refractivity (Wildman–Crippen MR) is 116 cm³/mol. The van der Waals surface area contributed by atoms with Gasteiger partial charge in [0.15, 0.2) is 0 Å². The number of nitrogens with one attached hydrogen (secondary N) is 1. The number of aryl methyl sites for hydroxylation is 3. The maximum Gasteiger partial charge on any atom is 0.261 e. The van der Waals surface area contributed by atoms with Gasteiger partial charge < -0.3 is 5.32 Å². The highest BCUT2D eigenvalue weighted by Crippen LogP contribution is 2.29. The molecule has 0 spiro atoms. The molecule has 0 atom stereocenters. The number of nitrogens with zero attached hydrogens (tertiary/aromatic N) is 4. The first-order valence-corrected chi connectivity index (χ1v) is 10.2. The Balaban J connectivity index is 1.63. The zero-order valence-corrected chi connectivity index (χ0v) is 17.1. The molecule has 1 N–H and O–H groups in total. The first-order chi connectivity index (χ1) is 14.0. The number of aromatic nitrogens is 4. The molecule has 6 nitrogen and oxygen atoms in total. The molecule has 0 amide bonds. The summed E-state index contributed by atoms with van der Waals surface area (Å²) >= 11 is 0. The van der Waals surface area contributed by atoms with Gasteiger partial charge in [-0.15, -0.1) is 0 Å². The summed E-state index contributed by atoms with van der Waals surface area (Å²) in [6, 6.07) is 10.5. The maximum atomic E-state index is 13.2. The Morgan fingerprint density at radius 3 is 2.66 bits per heavy atom. The van der Waals surface area contributed by atoms with Crippen LogP contribution >= 0.6 is 0 Å². The monoisotopic (exact) mass is 387 g/mol. The van der Waals surface area contributed by atoms with Crippen molar-refractivity contribution < 1.29 is 0 Å². The topological polar surface area (TPSA) is 64.7 Å². The zero-order valence-electron chi connectivity index (χ0n) is 17.1. The van der Waals surface area contributed by atoms with Crippen molar-refractivity contribution in [1.82, 2.24) is 24.6 Å². The van der Waals surface area contributed by atoms with Crippen LogP contribution in [0.5, 0.6) is 0 Å². The molecule has 3 heterocycles. The second-order valence-corrected chi connectivity index (χ2v) is 8.08. The van der Waals surface area contributed by atoms with Crippen molar-refractivity contribution in [3.05, 3.63) is 58.3 Å². The lowest BCUT2D eigenvalue weighted by Crippen LogP contribution is -2.35. The van der Waals surface area contributed by atoms with E-state index in [1.165, 1.54) is 0 Å². The van der Waals surface area contributed by atoms with E-state index in [-0.39, 0.29) is 11.6 Å². The minimum absolute atomic E-state index is 0.0739. The molecule has 1 aliphatic heterocycles. The van der Waals surface area contributed by atoms with Crippen LogP contribution in [0.2, 0.25) is 0 Å². The van der Waals surface area contributed by atoms with Crippen LogP contribution < -0.4 is 10.9 Å². The van der Waals surface area contributed by atoms with E-state index in [0.717, 1.165) is 64.9 Å². The van der Waals surface area contributed by atoms with Crippen LogP contribution in [0.1, 0.15) is 30.3 Å². The second kappa shape index (κ2) is 6.81. The van der Waals surface area contributed by atoms with Gasteiger partial charge in [-0.25, -0.2) is 4.98 Å². The van der Waals surface area contributed by atoms with E-state index in [2.05, 4.69) is 29.5 Å². The Hall–Kier alpha value is -2.99. The molecule has 6 heteroatoms. The number of piperidine rings is 1. The molecular weight excluding hydrogens is 362 g/mol. The van der Waals surface area contributed by atoms with Crippen molar-refractivity contribution >= 4 is 21.8 Å². The minimum Gasteiger partial charge on any atom is -0.317 e. The summed E-state index contributed by atoms with van der Waals surface area (Å²) in [7, 11) is 1.94. The quantitative estimate of drug-likeness (QED) is 0.572. The number of fused-ring (bicyclic) bond motifs is 2. The fourth-order valence-corrected chi connectivity index (χ4v) is 4.58. The third kappa shape index (κ3) is 3.04. The largest absolute Gasteiger partial charge is 0.317 e. The third-order valence-electron chi connectivity index (χ3n) is 6.00. The Bertz CT molecular complexity index is 1290. The molecule has 5 rings (SSSR count). The van der Waals surface area contributed by atoms with E-state index >= 15 is 0 Å². The van der Waals surface area contributed by atoms with Gasteiger partial charge in [0.2, 0.25) is 0 Å². The molecule has 0 aliphatic carbocycles. The van der Waals surface area contributed by atoms with E-state index in [4.69, 9.17) is 4.98 Å². The zero-order chi connectivity index (χ0) is 20.1. The molecule has 0 bridgehead atoms. The standard InChI is InChI=1S/C23H25N5O/c1-14-10-17(11-18-13-27(3)26-22(14)18)16-4-5-20-21(12-16)25-15(2)28(23(20)29)19-6-8-24-9-7-19/h4-5,10-13,19,24H,6-9H2,1-3H3. The van der Waals surface area contributed by atoms with Crippen LogP contribution in [0.15, 0.2) is 41.3 Å². The van der Waals surface area contributed by atoms with Gasteiger partial charge >= 0.3 is 0 Å². The molecule has 148 valence electrons. The van der Waals surface area contributed by atoms with E-state index in [9.17, 15) is 4.79 Å². The average Bonchev–Trinajstić information content (AvgIpc) is 3.09. The van der Waals surface area contributed by atoms with E-state index in [1.54, 1.807) is 0 Å².